The van der Waals surface area contributed by atoms with Crippen LogP contribution in [0.3, 0.4) is 0 Å². The number of benzene rings is 1. The molecule has 8 nitrogen and oxygen atoms in total. The highest BCUT2D eigenvalue weighted by atomic mass is 16.6. The first-order valence-electron chi connectivity index (χ1n) is 9.13. The molecule has 0 bridgehead atoms. The van der Waals surface area contributed by atoms with Crippen molar-refractivity contribution in [3.05, 3.63) is 47.5 Å². The Balaban J connectivity index is 2.52. The Morgan fingerprint density at radius 2 is 1.72 bits per heavy atom. The van der Waals surface area contributed by atoms with E-state index >= 15 is 0 Å². The Hall–Kier alpha value is -3.16. The molecule has 0 N–H and O–H groups in total. The zero-order valence-electron chi connectivity index (χ0n) is 16.9. The molecule has 1 fully saturated rings. The van der Waals surface area contributed by atoms with Gasteiger partial charge in [0.15, 0.2) is 11.7 Å². The van der Waals surface area contributed by atoms with Crippen LogP contribution in [0.15, 0.2) is 42.0 Å². The number of rotatable bonds is 8. The fraction of sp³-hybridized carbons (Fsp3) is 0.429. The summed E-state index contributed by atoms with van der Waals surface area (Å²) >= 11 is 0. The Labute approximate surface area is 169 Å². The standard InChI is InChI=1S/C21H25NO7/c1-13(2)10-15(23)11-16(18(19(24)27-3)20(25)28-4)22-17(12-29-21(22)26)14-8-6-5-7-9-14/h5-10,16-18H,11-12H2,1-4H3/t16-,17-/m1/s1. The molecule has 1 saturated heterocycles. The van der Waals surface area contributed by atoms with Gasteiger partial charge >= 0.3 is 18.0 Å². The highest BCUT2D eigenvalue weighted by molar-refractivity contribution is 5.98. The minimum absolute atomic E-state index is 0.0330. The zero-order chi connectivity index (χ0) is 21.6. The van der Waals surface area contributed by atoms with Gasteiger partial charge in [-0.2, -0.15) is 0 Å². The van der Waals surface area contributed by atoms with Crippen molar-refractivity contribution < 1.29 is 33.4 Å². The van der Waals surface area contributed by atoms with Crippen molar-refractivity contribution in [2.24, 2.45) is 5.92 Å². The van der Waals surface area contributed by atoms with Crippen LogP contribution < -0.4 is 0 Å². The molecule has 2 atom stereocenters. The van der Waals surface area contributed by atoms with E-state index in [0.29, 0.717) is 0 Å². The molecule has 0 aromatic heterocycles. The lowest BCUT2D eigenvalue weighted by Gasteiger charge is -2.33. The van der Waals surface area contributed by atoms with Crippen LogP contribution in [0.25, 0.3) is 0 Å². The third-order valence-corrected chi connectivity index (χ3v) is 4.61. The average Bonchev–Trinajstić information content (AvgIpc) is 3.08. The highest BCUT2D eigenvalue weighted by Gasteiger charge is 2.48. The largest absolute Gasteiger partial charge is 0.468 e. The summed E-state index contributed by atoms with van der Waals surface area (Å²) in [6.45, 7) is 3.54. The summed E-state index contributed by atoms with van der Waals surface area (Å²) in [6, 6.07) is 7.35. The number of ether oxygens (including phenoxy) is 3. The summed E-state index contributed by atoms with van der Waals surface area (Å²) < 4.78 is 14.7. The number of carbonyl (C=O) groups is 4. The second kappa shape index (κ2) is 9.86. The first-order chi connectivity index (χ1) is 13.8. The van der Waals surface area contributed by atoms with Crippen molar-refractivity contribution in [1.82, 2.24) is 4.90 Å². The molecule has 29 heavy (non-hydrogen) atoms. The van der Waals surface area contributed by atoms with Crippen LogP contribution in [-0.4, -0.2) is 55.6 Å². The van der Waals surface area contributed by atoms with E-state index in [0.717, 1.165) is 25.4 Å². The molecule has 0 aliphatic carbocycles. The lowest BCUT2D eigenvalue weighted by molar-refractivity contribution is -0.162. The van der Waals surface area contributed by atoms with E-state index in [1.807, 2.05) is 6.07 Å². The summed E-state index contributed by atoms with van der Waals surface area (Å²) in [5, 5.41) is 0. The molecule has 0 radical (unpaired) electrons. The molecule has 156 valence electrons. The van der Waals surface area contributed by atoms with E-state index < -0.39 is 36.0 Å². The van der Waals surface area contributed by atoms with Crippen LogP contribution in [0.1, 0.15) is 31.9 Å². The Morgan fingerprint density at radius 1 is 1.14 bits per heavy atom. The second-order valence-electron chi connectivity index (χ2n) is 6.89. The van der Waals surface area contributed by atoms with Gasteiger partial charge in [-0.25, -0.2) is 4.79 Å². The van der Waals surface area contributed by atoms with Gasteiger partial charge in [0.25, 0.3) is 0 Å². The van der Waals surface area contributed by atoms with E-state index in [1.165, 1.54) is 11.0 Å². The molecule has 8 heteroatoms. The first-order valence-corrected chi connectivity index (χ1v) is 9.13. The summed E-state index contributed by atoms with van der Waals surface area (Å²) in [7, 11) is 2.26. The lowest BCUT2D eigenvalue weighted by Crippen LogP contribution is -2.50. The second-order valence-corrected chi connectivity index (χ2v) is 6.89. The van der Waals surface area contributed by atoms with Gasteiger partial charge in [0, 0.05) is 6.42 Å². The number of cyclic esters (lactones) is 1. The first kappa shape index (κ1) is 22.1. The maximum absolute atomic E-state index is 12.6. The van der Waals surface area contributed by atoms with Gasteiger partial charge in [-0.15, -0.1) is 0 Å². The van der Waals surface area contributed by atoms with Gasteiger partial charge in [0.05, 0.1) is 26.3 Å². The van der Waals surface area contributed by atoms with Crippen LogP contribution in [0, 0.1) is 5.92 Å². The van der Waals surface area contributed by atoms with Crippen molar-refractivity contribution >= 4 is 23.8 Å². The molecule has 2 rings (SSSR count). The molecule has 1 heterocycles. The minimum Gasteiger partial charge on any atom is -0.468 e. The molecule has 1 aliphatic heterocycles. The molecular weight excluding hydrogens is 378 g/mol. The monoisotopic (exact) mass is 403 g/mol. The number of methoxy groups -OCH3 is 2. The normalized spacial score (nSPS) is 16.8. The third kappa shape index (κ3) is 5.22. The average molecular weight is 403 g/mol. The smallest absolute Gasteiger partial charge is 0.410 e. The number of allylic oxidation sites excluding steroid dienone is 2. The molecule has 1 aliphatic rings. The number of ketones is 1. The maximum Gasteiger partial charge on any atom is 0.410 e. The number of carbonyl (C=O) groups excluding carboxylic acids is 4. The number of amides is 1. The predicted octanol–water partition coefficient (Wildman–Crippen LogP) is 2.44. The summed E-state index contributed by atoms with van der Waals surface area (Å²) in [5.74, 6) is -3.60. The number of esters is 2. The summed E-state index contributed by atoms with van der Waals surface area (Å²) in [4.78, 5) is 51.3. The van der Waals surface area contributed by atoms with E-state index in [2.05, 4.69) is 0 Å². The van der Waals surface area contributed by atoms with E-state index in [4.69, 9.17) is 14.2 Å². The van der Waals surface area contributed by atoms with Crippen LogP contribution >= 0.6 is 0 Å². The van der Waals surface area contributed by atoms with E-state index in [1.54, 1.807) is 38.1 Å². The third-order valence-electron chi connectivity index (χ3n) is 4.61. The minimum atomic E-state index is -1.49. The van der Waals surface area contributed by atoms with Crippen molar-refractivity contribution in [1.29, 1.82) is 0 Å². The van der Waals surface area contributed by atoms with Crippen molar-refractivity contribution in [2.75, 3.05) is 20.8 Å². The van der Waals surface area contributed by atoms with Crippen LogP contribution in [-0.2, 0) is 28.6 Å². The predicted molar refractivity (Wildman–Crippen MR) is 103 cm³/mol. The Kier molecular flexibility index (Phi) is 7.52. The number of nitrogens with zero attached hydrogens (tertiary/aromatic N) is 1. The Bertz CT molecular complexity index is 783. The van der Waals surface area contributed by atoms with Gasteiger partial charge in [0.1, 0.15) is 6.61 Å². The highest BCUT2D eigenvalue weighted by Crippen LogP contribution is 2.34. The quantitative estimate of drug-likeness (QED) is 0.284. The molecule has 1 amide bonds. The lowest BCUT2D eigenvalue weighted by atomic mass is 9.91. The molecular formula is C21H25NO7. The van der Waals surface area contributed by atoms with Crippen LogP contribution in [0.4, 0.5) is 4.79 Å². The summed E-state index contributed by atoms with van der Waals surface area (Å²) in [5.41, 5.74) is 1.51. The van der Waals surface area contributed by atoms with Crippen molar-refractivity contribution in [2.45, 2.75) is 32.4 Å². The Morgan fingerprint density at radius 3 is 2.24 bits per heavy atom. The van der Waals surface area contributed by atoms with Gasteiger partial charge < -0.3 is 14.2 Å². The fourth-order valence-corrected chi connectivity index (χ4v) is 3.36. The van der Waals surface area contributed by atoms with Gasteiger partial charge in [0.2, 0.25) is 0 Å². The van der Waals surface area contributed by atoms with Gasteiger partial charge in [-0.3, -0.25) is 19.3 Å². The number of hydrogen-bond acceptors (Lipinski definition) is 7. The molecule has 1 aromatic carbocycles. The molecule has 0 unspecified atom stereocenters. The topological polar surface area (TPSA) is 99.2 Å². The van der Waals surface area contributed by atoms with Gasteiger partial charge in [-0.1, -0.05) is 35.9 Å². The van der Waals surface area contributed by atoms with Crippen molar-refractivity contribution in [3.63, 3.8) is 0 Å². The van der Waals surface area contributed by atoms with Crippen LogP contribution in [0.5, 0.6) is 0 Å². The van der Waals surface area contributed by atoms with Crippen LogP contribution in [0.2, 0.25) is 0 Å². The summed E-state index contributed by atoms with van der Waals surface area (Å²) in [6.07, 6.45) is 0.419. The van der Waals surface area contributed by atoms with E-state index in [-0.39, 0.29) is 18.8 Å². The van der Waals surface area contributed by atoms with Crippen molar-refractivity contribution in [3.8, 4) is 0 Å². The van der Waals surface area contributed by atoms with E-state index in [9.17, 15) is 19.2 Å². The molecule has 0 spiro atoms. The fourth-order valence-electron chi connectivity index (χ4n) is 3.36. The van der Waals surface area contributed by atoms with Gasteiger partial charge in [-0.05, 0) is 25.5 Å². The number of hydrogen-bond donors (Lipinski definition) is 0. The molecule has 1 aromatic rings. The molecule has 0 saturated carbocycles. The maximum atomic E-state index is 12.6. The zero-order valence-corrected chi connectivity index (χ0v) is 16.9. The SMILES string of the molecule is COC(=O)C(C(=O)OC)[C@@H](CC(=O)C=C(C)C)N1C(=O)OC[C@@H]1c1ccccc1.